The average molecular weight is 375 g/mol. The fraction of sp³-hybridized carbons (Fsp3) is 0.278. The maximum absolute atomic E-state index is 13.0. The molecule has 0 saturated carbocycles. The van der Waals surface area contributed by atoms with E-state index in [1.54, 1.807) is 26.6 Å². The van der Waals surface area contributed by atoms with Crippen molar-refractivity contribution in [2.24, 2.45) is 0 Å². The van der Waals surface area contributed by atoms with Crippen LogP contribution in [0.1, 0.15) is 20.7 Å². The molecule has 2 heterocycles. The molecule has 1 saturated heterocycles. The predicted molar refractivity (Wildman–Crippen MR) is 95.5 cm³/mol. The van der Waals surface area contributed by atoms with Gasteiger partial charge in [0.05, 0.1) is 6.54 Å². The molecule has 26 heavy (non-hydrogen) atoms. The van der Waals surface area contributed by atoms with E-state index in [9.17, 15) is 18.8 Å². The van der Waals surface area contributed by atoms with E-state index in [1.807, 2.05) is 0 Å². The zero-order valence-electron chi connectivity index (χ0n) is 14.0. The molecular formula is C18H18FN3O3S. The molecule has 1 aromatic carbocycles. The largest absolute Gasteiger partial charge is 0.343 e. The Bertz CT molecular complexity index is 785. The number of carbonyl (C=O) groups is 3. The van der Waals surface area contributed by atoms with E-state index < -0.39 is 0 Å². The monoisotopic (exact) mass is 375 g/mol. The number of piperazine rings is 1. The van der Waals surface area contributed by atoms with Gasteiger partial charge in [-0.2, -0.15) is 11.3 Å². The summed E-state index contributed by atoms with van der Waals surface area (Å²) >= 11 is 1.42. The summed E-state index contributed by atoms with van der Waals surface area (Å²) in [5.74, 6) is -1.02. The standard InChI is InChI=1S/C18H18FN3O3S/c19-15-3-1-13(2-4-15)18(25)22-8-6-21(7-9-22)16(23)11-20-17(24)14-5-10-26-12-14/h1-5,10,12H,6-9,11H2,(H,20,24). The second-order valence-electron chi connectivity index (χ2n) is 5.87. The molecule has 6 nitrogen and oxygen atoms in total. The molecule has 2 aromatic rings. The molecule has 8 heteroatoms. The molecule has 1 aliphatic heterocycles. The van der Waals surface area contributed by atoms with Gasteiger partial charge in [-0.25, -0.2) is 4.39 Å². The second kappa shape index (κ2) is 8.09. The van der Waals surface area contributed by atoms with Crippen molar-refractivity contribution < 1.29 is 18.8 Å². The van der Waals surface area contributed by atoms with Gasteiger partial charge in [0.15, 0.2) is 0 Å². The summed E-state index contributed by atoms with van der Waals surface area (Å²) < 4.78 is 13.0. The summed E-state index contributed by atoms with van der Waals surface area (Å²) in [6, 6.07) is 7.11. The highest BCUT2D eigenvalue weighted by atomic mass is 32.1. The summed E-state index contributed by atoms with van der Waals surface area (Å²) in [7, 11) is 0. The molecule has 3 rings (SSSR count). The Balaban J connectivity index is 1.47. The first-order valence-corrected chi connectivity index (χ1v) is 9.12. The molecule has 1 fully saturated rings. The summed E-state index contributed by atoms with van der Waals surface area (Å²) in [4.78, 5) is 39.7. The Morgan fingerprint density at radius 1 is 0.962 bits per heavy atom. The van der Waals surface area contributed by atoms with Crippen molar-refractivity contribution in [2.45, 2.75) is 0 Å². The van der Waals surface area contributed by atoms with Gasteiger partial charge in [0.25, 0.3) is 11.8 Å². The van der Waals surface area contributed by atoms with E-state index in [2.05, 4.69) is 5.32 Å². The molecule has 0 spiro atoms. The van der Waals surface area contributed by atoms with Crippen LogP contribution in [0.2, 0.25) is 0 Å². The van der Waals surface area contributed by atoms with Gasteiger partial charge in [0, 0.05) is 42.7 Å². The highest BCUT2D eigenvalue weighted by Gasteiger charge is 2.25. The quantitative estimate of drug-likeness (QED) is 0.883. The maximum Gasteiger partial charge on any atom is 0.253 e. The van der Waals surface area contributed by atoms with E-state index in [0.717, 1.165) is 0 Å². The number of hydrogen-bond donors (Lipinski definition) is 1. The Morgan fingerprint density at radius 3 is 2.23 bits per heavy atom. The first-order valence-electron chi connectivity index (χ1n) is 8.17. The molecule has 0 atom stereocenters. The van der Waals surface area contributed by atoms with E-state index >= 15 is 0 Å². The minimum Gasteiger partial charge on any atom is -0.343 e. The molecule has 0 radical (unpaired) electrons. The van der Waals surface area contributed by atoms with Crippen LogP contribution >= 0.6 is 11.3 Å². The number of carbonyl (C=O) groups excluding carboxylic acids is 3. The first-order chi connectivity index (χ1) is 12.5. The summed E-state index contributed by atoms with van der Waals surface area (Å²) in [5.41, 5.74) is 0.965. The van der Waals surface area contributed by atoms with E-state index in [0.29, 0.717) is 37.3 Å². The van der Waals surface area contributed by atoms with Gasteiger partial charge in [-0.15, -0.1) is 0 Å². The summed E-state index contributed by atoms with van der Waals surface area (Å²) in [6.07, 6.45) is 0. The average Bonchev–Trinajstić information content (AvgIpc) is 3.21. The molecule has 0 bridgehead atoms. The smallest absolute Gasteiger partial charge is 0.253 e. The molecule has 0 aliphatic carbocycles. The fourth-order valence-corrected chi connectivity index (χ4v) is 3.33. The van der Waals surface area contributed by atoms with Gasteiger partial charge in [0.2, 0.25) is 5.91 Å². The summed E-state index contributed by atoms with van der Waals surface area (Å²) in [5, 5.41) is 6.13. The number of thiophene rings is 1. The van der Waals surface area contributed by atoms with Crippen molar-refractivity contribution in [2.75, 3.05) is 32.7 Å². The molecule has 0 unspecified atom stereocenters. The Morgan fingerprint density at radius 2 is 1.62 bits per heavy atom. The van der Waals surface area contributed by atoms with Crippen molar-refractivity contribution in [1.82, 2.24) is 15.1 Å². The Hall–Kier alpha value is -2.74. The lowest BCUT2D eigenvalue weighted by molar-refractivity contribution is -0.131. The fourth-order valence-electron chi connectivity index (χ4n) is 2.70. The lowest BCUT2D eigenvalue weighted by atomic mass is 10.2. The molecule has 3 amide bonds. The van der Waals surface area contributed by atoms with Crippen LogP contribution in [0.25, 0.3) is 0 Å². The molecular weight excluding hydrogens is 357 g/mol. The van der Waals surface area contributed by atoms with E-state index in [-0.39, 0.29) is 30.1 Å². The summed E-state index contributed by atoms with van der Waals surface area (Å²) in [6.45, 7) is 1.54. The van der Waals surface area contributed by atoms with Crippen molar-refractivity contribution in [3.05, 3.63) is 58.0 Å². The van der Waals surface area contributed by atoms with Crippen LogP contribution in [0.15, 0.2) is 41.1 Å². The van der Waals surface area contributed by atoms with Crippen LogP contribution in [-0.4, -0.2) is 60.2 Å². The molecule has 1 aliphatic rings. The number of rotatable bonds is 4. The first kappa shape index (κ1) is 18.1. The number of nitrogens with zero attached hydrogens (tertiary/aromatic N) is 2. The number of amides is 3. The van der Waals surface area contributed by atoms with Crippen LogP contribution in [0, 0.1) is 5.82 Å². The van der Waals surface area contributed by atoms with Gasteiger partial charge in [-0.05, 0) is 35.7 Å². The van der Waals surface area contributed by atoms with Gasteiger partial charge in [-0.3, -0.25) is 14.4 Å². The Labute approximate surface area is 154 Å². The number of hydrogen-bond acceptors (Lipinski definition) is 4. The van der Waals surface area contributed by atoms with Crippen LogP contribution in [0.3, 0.4) is 0 Å². The second-order valence-corrected chi connectivity index (χ2v) is 6.65. The minimum absolute atomic E-state index is 0.0689. The molecule has 1 aromatic heterocycles. The molecule has 1 N–H and O–H groups in total. The third kappa shape index (κ3) is 4.26. The third-order valence-electron chi connectivity index (χ3n) is 4.19. The van der Waals surface area contributed by atoms with Crippen LogP contribution in [0.4, 0.5) is 4.39 Å². The topological polar surface area (TPSA) is 69.7 Å². The van der Waals surface area contributed by atoms with Crippen molar-refractivity contribution >= 4 is 29.1 Å². The third-order valence-corrected chi connectivity index (χ3v) is 4.88. The van der Waals surface area contributed by atoms with Crippen molar-refractivity contribution in [3.63, 3.8) is 0 Å². The SMILES string of the molecule is O=C(NCC(=O)N1CCN(C(=O)c2ccc(F)cc2)CC1)c1ccsc1. The normalized spacial score (nSPS) is 14.2. The molecule has 136 valence electrons. The Kier molecular flexibility index (Phi) is 5.62. The van der Waals surface area contributed by atoms with Gasteiger partial charge < -0.3 is 15.1 Å². The number of nitrogens with one attached hydrogen (secondary N) is 1. The van der Waals surface area contributed by atoms with Crippen LogP contribution in [0.5, 0.6) is 0 Å². The number of benzene rings is 1. The predicted octanol–water partition coefficient (Wildman–Crippen LogP) is 1.60. The number of halogens is 1. The highest BCUT2D eigenvalue weighted by Crippen LogP contribution is 2.10. The van der Waals surface area contributed by atoms with Crippen molar-refractivity contribution in [3.8, 4) is 0 Å². The van der Waals surface area contributed by atoms with Crippen LogP contribution < -0.4 is 5.32 Å². The van der Waals surface area contributed by atoms with Gasteiger partial charge >= 0.3 is 0 Å². The van der Waals surface area contributed by atoms with E-state index in [4.69, 9.17) is 0 Å². The van der Waals surface area contributed by atoms with Crippen molar-refractivity contribution in [1.29, 1.82) is 0 Å². The zero-order chi connectivity index (χ0) is 18.5. The zero-order valence-corrected chi connectivity index (χ0v) is 14.8. The lowest BCUT2D eigenvalue weighted by Gasteiger charge is -2.34. The van der Waals surface area contributed by atoms with Gasteiger partial charge in [0.1, 0.15) is 5.82 Å². The minimum atomic E-state index is -0.388. The lowest BCUT2D eigenvalue weighted by Crippen LogP contribution is -2.52. The maximum atomic E-state index is 13.0. The van der Waals surface area contributed by atoms with Gasteiger partial charge in [-0.1, -0.05) is 0 Å². The van der Waals surface area contributed by atoms with Crippen LogP contribution in [-0.2, 0) is 4.79 Å². The highest BCUT2D eigenvalue weighted by molar-refractivity contribution is 7.08. The van der Waals surface area contributed by atoms with E-state index in [1.165, 1.54) is 35.6 Å².